The summed E-state index contributed by atoms with van der Waals surface area (Å²) in [6.45, 7) is 1.33. The smallest absolute Gasteiger partial charge is 0.255 e. The van der Waals surface area contributed by atoms with E-state index in [0.717, 1.165) is 24.9 Å². The van der Waals surface area contributed by atoms with Gasteiger partial charge < -0.3 is 10.6 Å². The molecule has 4 aliphatic heterocycles. The summed E-state index contributed by atoms with van der Waals surface area (Å²) in [7, 11) is 0. The van der Waals surface area contributed by atoms with E-state index in [-0.39, 0.29) is 24.1 Å². The molecule has 4 heterocycles. The molecule has 3 N–H and O–H groups in total. The van der Waals surface area contributed by atoms with Gasteiger partial charge in [-0.1, -0.05) is 18.6 Å². The van der Waals surface area contributed by atoms with Crippen molar-refractivity contribution in [1.82, 2.24) is 15.1 Å². The minimum atomic E-state index is -0.556. The summed E-state index contributed by atoms with van der Waals surface area (Å²) < 4.78 is 0. The van der Waals surface area contributed by atoms with Crippen LogP contribution in [0.5, 0.6) is 0 Å². The Morgan fingerprint density at radius 1 is 1.07 bits per heavy atom. The summed E-state index contributed by atoms with van der Waals surface area (Å²) in [5.41, 5.74) is 9.13. The first-order chi connectivity index (χ1) is 14.0. The Bertz CT molecular complexity index is 856. The first-order valence-corrected chi connectivity index (χ1v) is 10.8. The average molecular weight is 396 g/mol. The normalized spacial score (nSPS) is 32.3. The van der Waals surface area contributed by atoms with Crippen LogP contribution in [0, 0.1) is 0 Å². The summed E-state index contributed by atoms with van der Waals surface area (Å²) in [6.07, 6.45) is 6.55. The van der Waals surface area contributed by atoms with Crippen molar-refractivity contribution in [1.29, 1.82) is 0 Å². The van der Waals surface area contributed by atoms with Gasteiger partial charge >= 0.3 is 0 Å². The highest BCUT2D eigenvalue weighted by atomic mass is 16.2. The number of nitrogens with zero attached hydrogens (tertiary/aromatic N) is 2. The fraction of sp³-hybridized carbons (Fsp3) is 0.591. The van der Waals surface area contributed by atoms with Crippen molar-refractivity contribution in [3.8, 4) is 0 Å². The number of hydrogen-bond donors (Lipinski definition) is 2. The molecule has 154 valence electrons. The lowest BCUT2D eigenvalue weighted by molar-refractivity contribution is -0.136. The predicted molar refractivity (Wildman–Crippen MR) is 107 cm³/mol. The molecule has 5 rings (SSSR count). The number of rotatable bonds is 3. The molecule has 1 aromatic carbocycles. The van der Waals surface area contributed by atoms with E-state index in [1.807, 2.05) is 6.07 Å². The Morgan fingerprint density at radius 3 is 2.55 bits per heavy atom. The van der Waals surface area contributed by atoms with Crippen molar-refractivity contribution in [3.05, 3.63) is 34.9 Å². The zero-order chi connectivity index (χ0) is 20.1. The predicted octanol–water partition coefficient (Wildman–Crippen LogP) is 1.29. The van der Waals surface area contributed by atoms with Gasteiger partial charge in [-0.2, -0.15) is 0 Å². The lowest BCUT2D eigenvalue weighted by Gasteiger charge is -2.48. The van der Waals surface area contributed by atoms with Gasteiger partial charge in [-0.05, 0) is 49.3 Å². The molecule has 29 heavy (non-hydrogen) atoms. The number of hydrogen-bond acceptors (Lipinski definition) is 5. The van der Waals surface area contributed by atoms with E-state index in [1.165, 1.54) is 24.8 Å². The van der Waals surface area contributed by atoms with Gasteiger partial charge in [0.1, 0.15) is 6.04 Å². The van der Waals surface area contributed by atoms with Crippen molar-refractivity contribution < 1.29 is 14.4 Å². The van der Waals surface area contributed by atoms with Gasteiger partial charge in [-0.15, -0.1) is 0 Å². The Morgan fingerprint density at radius 2 is 1.83 bits per heavy atom. The second-order valence-electron chi connectivity index (χ2n) is 9.03. The van der Waals surface area contributed by atoms with Crippen LogP contribution in [-0.4, -0.2) is 51.7 Å². The molecule has 3 saturated heterocycles. The number of carbonyl (C=O) groups excluding carboxylic acids is 3. The van der Waals surface area contributed by atoms with Crippen LogP contribution < -0.4 is 11.1 Å². The molecule has 4 aliphatic rings. The third-order valence-electron chi connectivity index (χ3n) is 7.12. The van der Waals surface area contributed by atoms with E-state index in [0.29, 0.717) is 36.7 Å². The first kappa shape index (κ1) is 18.8. The molecule has 0 aliphatic carbocycles. The van der Waals surface area contributed by atoms with Gasteiger partial charge in [0.15, 0.2) is 0 Å². The third kappa shape index (κ3) is 3.36. The van der Waals surface area contributed by atoms with Gasteiger partial charge in [0.25, 0.3) is 5.91 Å². The van der Waals surface area contributed by atoms with Crippen molar-refractivity contribution >= 4 is 17.7 Å². The number of amides is 3. The Hall–Kier alpha value is -2.25. The minimum absolute atomic E-state index is 0.109. The molecule has 0 saturated carbocycles. The highest BCUT2D eigenvalue weighted by Gasteiger charge is 2.40. The van der Waals surface area contributed by atoms with Crippen LogP contribution in [0.4, 0.5) is 0 Å². The molecular formula is C22H28N4O3. The van der Waals surface area contributed by atoms with Gasteiger partial charge in [-0.25, -0.2) is 0 Å². The van der Waals surface area contributed by atoms with Crippen molar-refractivity contribution in [2.24, 2.45) is 5.73 Å². The monoisotopic (exact) mass is 396 g/mol. The number of carbonyl (C=O) groups is 3. The molecule has 0 aromatic heterocycles. The molecule has 3 amide bonds. The number of nitrogens with two attached hydrogens (primary N) is 1. The maximum Gasteiger partial charge on any atom is 0.255 e. The van der Waals surface area contributed by atoms with E-state index >= 15 is 0 Å². The molecule has 2 bridgehead atoms. The maximum atomic E-state index is 12.9. The molecule has 0 spiro atoms. The van der Waals surface area contributed by atoms with Crippen LogP contribution in [-0.2, 0) is 22.7 Å². The molecule has 3 fully saturated rings. The summed E-state index contributed by atoms with van der Waals surface area (Å²) in [4.78, 5) is 40.7. The molecule has 3 atom stereocenters. The van der Waals surface area contributed by atoms with Crippen molar-refractivity contribution in [2.75, 3.05) is 0 Å². The highest BCUT2D eigenvalue weighted by molar-refractivity contribution is 6.05. The fourth-order valence-electron chi connectivity index (χ4n) is 5.72. The number of benzene rings is 1. The number of nitrogens with one attached hydrogen (secondary N) is 1. The number of fused-ring (bicyclic) bond motifs is 3. The van der Waals surface area contributed by atoms with E-state index < -0.39 is 6.04 Å². The number of imide groups is 1. The minimum Gasteiger partial charge on any atom is -0.328 e. The van der Waals surface area contributed by atoms with Crippen molar-refractivity contribution in [2.45, 2.75) is 82.2 Å². The maximum absolute atomic E-state index is 12.9. The zero-order valence-electron chi connectivity index (χ0n) is 16.6. The quantitative estimate of drug-likeness (QED) is 0.751. The van der Waals surface area contributed by atoms with Gasteiger partial charge in [0, 0.05) is 43.2 Å². The SMILES string of the molecule is NC1CC2CCCC(C1)N2Cc1ccc2c(c1)CN(C1CCC(=O)NC1=O)C2=O. The van der Waals surface area contributed by atoms with E-state index in [4.69, 9.17) is 5.73 Å². The molecular weight excluding hydrogens is 368 g/mol. The van der Waals surface area contributed by atoms with E-state index in [9.17, 15) is 14.4 Å². The first-order valence-electron chi connectivity index (χ1n) is 10.8. The zero-order valence-corrected chi connectivity index (χ0v) is 16.6. The van der Waals surface area contributed by atoms with Crippen LogP contribution in [0.3, 0.4) is 0 Å². The van der Waals surface area contributed by atoms with E-state index in [1.54, 1.807) is 4.90 Å². The summed E-state index contributed by atoms with van der Waals surface area (Å²) in [6, 6.07) is 6.97. The van der Waals surface area contributed by atoms with Crippen LogP contribution >= 0.6 is 0 Å². The Kier molecular flexibility index (Phi) is 4.67. The standard InChI is InChI=1S/C22H28N4O3/c23-15-9-16-2-1-3-17(10-15)25(16)11-13-4-5-18-14(8-13)12-26(22(18)29)19-6-7-20(27)24-21(19)28/h4-5,8,15-17,19H,1-3,6-7,9-12,23H2,(H,24,27,28). The largest absolute Gasteiger partial charge is 0.328 e. The van der Waals surface area contributed by atoms with E-state index in [2.05, 4.69) is 22.3 Å². The lowest BCUT2D eigenvalue weighted by atomic mass is 9.82. The van der Waals surface area contributed by atoms with Crippen LogP contribution in [0.25, 0.3) is 0 Å². The van der Waals surface area contributed by atoms with Gasteiger partial charge in [0.2, 0.25) is 11.8 Å². The Labute approximate surface area is 170 Å². The van der Waals surface area contributed by atoms with Crippen molar-refractivity contribution in [3.63, 3.8) is 0 Å². The topological polar surface area (TPSA) is 95.7 Å². The molecule has 7 nitrogen and oxygen atoms in total. The molecule has 3 unspecified atom stereocenters. The molecule has 0 radical (unpaired) electrons. The van der Waals surface area contributed by atoms with Crippen LogP contribution in [0.15, 0.2) is 18.2 Å². The second-order valence-corrected chi connectivity index (χ2v) is 9.03. The highest BCUT2D eigenvalue weighted by Crippen LogP contribution is 2.35. The Balaban J connectivity index is 1.32. The second kappa shape index (κ2) is 7.22. The fourth-order valence-corrected chi connectivity index (χ4v) is 5.72. The molecule has 7 heteroatoms. The summed E-state index contributed by atoms with van der Waals surface area (Å²) in [5, 5.41) is 2.36. The van der Waals surface area contributed by atoms with Crippen LogP contribution in [0.2, 0.25) is 0 Å². The van der Waals surface area contributed by atoms with Crippen LogP contribution in [0.1, 0.15) is 66.4 Å². The molecule has 1 aromatic rings. The summed E-state index contributed by atoms with van der Waals surface area (Å²) in [5.74, 6) is -0.730. The number of piperidine rings is 3. The van der Waals surface area contributed by atoms with Gasteiger partial charge in [0.05, 0.1) is 0 Å². The summed E-state index contributed by atoms with van der Waals surface area (Å²) >= 11 is 0. The van der Waals surface area contributed by atoms with Gasteiger partial charge in [-0.3, -0.25) is 24.6 Å². The lowest BCUT2D eigenvalue weighted by Crippen LogP contribution is -2.54. The third-order valence-corrected chi connectivity index (χ3v) is 7.12. The average Bonchev–Trinajstić information content (AvgIpc) is 2.98.